The minimum absolute atomic E-state index is 0.0709. The van der Waals surface area contributed by atoms with Crippen LogP contribution in [0, 0.1) is 0 Å². The van der Waals surface area contributed by atoms with Crippen molar-refractivity contribution in [2.45, 2.75) is 19.7 Å². The van der Waals surface area contributed by atoms with E-state index >= 15 is 0 Å². The van der Waals surface area contributed by atoms with E-state index in [1.54, 1.807) is 36.4 Å². The third-order valence-electron chi connectivity index (χ3n) is 6.24. The maximum absolute atomic E-state index is 14.0. The molecule has 0 unspecified atom stereocenters. The average Bonchev–Trinajstić information content (AvgIpc) is 3.44. The molecule has 0 spiro atoms. The van der Waals surface area contributed by atoms with Gasteiger partial charge in [-0.2, -0.15) is 18.3 Å². The first kappa shape index (κ1) is 27.4. The number of nitrogens with two attached hydrogens (primary N) is 1. The number of anilines is 1. The Hall–Kier alpha value is -5.12. The largest absolute Gasteiger partial charge is 0.488 e. The van der Waals surface area contributed by atoms with Crippen LogP contribution < -0.4 is 10.5 Å². The van der Waals surface area contributed by atoms with Gasteiger partial charge in [0.25, 0.3) is 0 Å². The van der Waals surface area contributed by atoms with Crippen LogP contribution in [0.1, 0.15) is 28.5 Å². The quantitative estimate of drug-likeness (QED) is 0.164. The number of pyridine rings is 1. The van der Waals surface area contributed by atoms with Crippen molar-refractivity contribution in [1.29, 1.82) is 0 Å². The van der Waals surface area contributed by atoms with Crippen molar-refractivity contribution in [3.8, 4) is 34.0 Å². The highest BCUT2D eigenvalue weighted by Crippen LogP contribution is 2.35. The van der Waals surface area contributed by atoms with Gasteiger partial charge >= 0.3 is 12.1 Å². The molecule has 0 amide bonds. The zero-order chi connectivity index (χ0) is 29.0. The van der Waals surface area contributed by atoms with Gasteiger partial charge < -0.3 is 15.2 Å². The zero-order valence-corrected chi connectivity index (χ0v) is 21.9. The number of hydrogen-bond donors (Lipinski definition) is 1. The predicted octanol–water partition coefficient (Wildman–Crippen LogP) is 6.96. The summed E-state index contributed by atoms with van der Waals surface area (Å²) < 4.78 is 53.5. The molecule has 10 heteroatoms. The summed E-state index contributed by atoms with van der Waals surface area (Å²) in [6, 6.07) is 27.2. The van der Waals surface area contributed by atoms with Gasteiger partial charge in [-0.15, -0.1) is 0 Å². The maximum Gasteiger partial charge on any atom is 0.434 e. The lowest BCUT2D eigenvalue weighted by Crippen LogP contribution is -2.19. The van der Waals surface area contributed by atoms with Gasteiger partial charge in [0, 0.05) is 11.3 Å². The fourth-order valence-corrected chi connectivity index (χ4v) is 4.28. The van der Waals surface area contributed by atoms with Crippen molar-refractivity contribution < 1.29 is 27.4 Å². The summed E-state index contributed by atoms with van der Waals surface area (Å²) >= 11 is 0. The van der Waals surface area contributed by atoms with Gasteiger partial charge in [0.05, 0.1) is 18.5 Å². The molecular formula is C31H25F3N4O3. The van der Waals surface area contributed by atoms with Crippen LogP contribution in [0.5, 0.6) is 5.75 Å². The molecule has 3 aromatic carbocycles. The van der Waals surface area contributed by atoms with Crippen LogP contribution in [0.4, 0.5) is 18.9 Å². The maximum atomic E-state index is 14.0. The third kappa shape index (κ3) is 6.06. The number of carbonyl (C=O) groups is 1. The van der Waals surface area contributed by atoms with E-state index in [1.165, 1.54) is 13.0 Å². The first-order valence-corrected chi connectivity index (χ1v) is 12.7. The molecule has 208 valence electrons. The molecule has 5 rings (SSSR count). The molecule has 0 bridgehead atoms. The number of para-hydroxylation sites is 1. The van der Waals surface area contributed by atoms with Crippen LogP contribution in [0.25, 0.3) is 28.2 Å². The highest BCUT2D eigenvalue weighted by Gasteiger charge is 2.41. The summed E-state index contributed by atoms with van der Waals surface area (Å²) in [4.78, 5) is 16.6. The number of esters is 1. The van der Waals surface area contributed by atoms with Crippen LogP contribution in [0.2, 0.25) is 0 Å². The lowest BCUT2D eigenvalue weighted by Gasteiger charge is -2.14. The fraction of sp³-hybridized carbons (Fsp3) is 0.129. The Labute approximate surface area is 234 Å². The molecule has 0 aliphatic rings. The Bertz CT molecular complexity index is 1660. The minimum atomic E-state index is -4.87. The molecule has 0 radical (unpaired) electrons. The van der Waals surface area contributed by atoms with Gasteiger partial charge in [-0.05, 0) is 60.0 Å². The molecule has 0 saturated carbocycles. The number of hydrogen-bond acceptors (Lipinski definition) is 6. The lowest BCUT2D eigenvalue weighted by atomic mass is 10.0. The highest BCUT2D eigenvalue weighted by molar-refractivity contribution is 5.90. The van der Waals surface area contributed by atoms with Gasteiger partial charge in [-0.1, -0.05) is 54.6 Å². The van der Waals surface area contributed by atoms with E-state index in [-0.39, 0.29) is 19.0 Å². The molecule has 2 aromatic heterocycles. The standard InChI is InChI=1S/C31H25F3N4O3/c1-2-40-30(39)25-18-36-38(29(25)31(32,33)34)28-9-5-7-26(37-28)24-6-3-4-8-27(24)41-19-20-10-12-21(13-11-20)22-14-16-23(35)17-15-22/h3-18H,2,19,35H2,1H3. The Balaban J connectivity index is 1.40. The molecular weight excluding hydrogens is 533 g/mol. The van der Waals surface area contributed by atoms with E-state index in [1.807, 2.05) is 48.5 Å². The van der Waals surface area contributed by atoms with Gasteiger partial charge in [-0.25, -0.2) is 14.5 Å². The first-order valence-electron chi connectivity index (χ1n) is 12.7. The minimum Gasteiger partial charge on any atom is -0.488 e. The monoisotopic (exact) mass is 558 g/mol. The fourth-order valence-electron chi connectivity index (χ4n) is 4.28. The number of halogens is 3. The number of alkyl halides is 3. The topological polar surface area (TPSA) is 92.3 Å². The number of aromatic nitrogens is 3. The molecule has 5 aromatic rings. The first-order chi connectivity index (χ1) is 19.7. The highest BCUT2D eigenvalue weighted by atomic mass is 19.4. The summed E-state index contributed by atoms with van der Waals surface area (Å²) in [7, 11) is 0. The van der Waals surface area contributed by atoms with Gasteiger partial charge in [0.1, 0.15) is 17.9 Å². The van der Waals surface area contributed by atoms with E-state index in [0.717, 1.165) is 22.9 Å². The summed E-state index contributed by atoms with van der Waals surface area (Å²) in [6.45, 7) is 1.70. The second kappa shape index (κ2) is 11.5. The van der Waals surface area contributed by atoms with Crippen LogP contribution in [-0.4, -0.2) is 27.3 Å². The number of benzene rings is 3. The van der Waals surface area contributed by atoms with Crippen molar-refractivity contribution in [3.63, 3.8) is 0 Å². The van der Waals surface area contributed by atoms with Crippen LogP contribution in [0.15, 0.2) is 97.2 Å². The van der Waals surface area contributed by atoms with E-state index in [4.69, 9.17) is 15.2 Å². The van der Waals surface area contributed by atoms with Gasteiger partial charge in [0.15, 0.2) is 11.5 Å². The lowest BCUT2D eigenvalue weighted by molar-refractivity contribution is -0.143. The molecule has 0 aliphatic heterocycles. The van der Waals surface area contributed by atoms with E-state index in [0.29, 0.717) is 27.4 Å². The Morgan fingerprint density at radius 3 is 2.27 bits per heavy atom. The van der Waals surface area contributed by atoms with Crippen molar-refractivity contribution in [2.75, 3.05) is 12.3 Å². The summed E-state index contributed by atoms with van der Waals surface area (Å²) in [5.41, 5.74) is 8.50. The SMILES string of the molecule is CCOC(=O)c1cnn(-c2cccc(-c3ccccc3OCc3ccc(-c4ccc(N)cc4)cc3)n2)c1C(F)(F)F. The van der Waals surface area contributed by atoms with Crippen molar-refractivity contribution >= 4 is 11.7 Å². The Morgan fingerprint density at radius 1 is 0.902 bits per heavy atom. The van der Waals surface area contributed by atoms with E-state index < -0.39 is 23.4 Å². The summed E-state index contributed by atoms with van der Waals surface area (Å²) in [5, 5.41) is 3.82. The van der Waals surface area contributed by atoms with Gasteiger partial charge in [0.2, 0.25) is 0 Å². The summed E-state index contributed by atoms with van der Waals surface area (Å²) in [6.07, 6.45) is -4.04. The van der Waals surface area contributed by atoms with Crippen LogP contribution >= 0.6 is 0 Å². The second-order valence-electron chi connectivity index (χ2n) is 9.02. The molecule has 0 fully saturated rings. The normalized spacial score (nSPS) is 11.3. The predicted molar refractivity (Wildman–Crippen MR) is 148 cm³/mol. The molecule has 0 saturated heterocycles. The number of carbonyl (C=O) groups excluding carboxylic acids is 1. The number of ether oxygens (including phenoxy) is 2. The molecule has 0 atom stereocenters. The molecule has 0 aliphatic carbocycles. The van der Waals surface area contributed by atoms with Crippen molar-refractivity contribution in [3.05, 3.63) is 114 Å². The second-order valence-corrected chi connectivity index (χ2v) is 9.02. The Morgan fingerprint density at radius 2 is 1.59 bits per heavy atom. The number of nitrogen functional groups attached to an aromatic ring is 1. The molecule has 2 heterocycles. The van der Waals surface area contributed by atoms with E-state index in [2.05, 4.69) is 10.1 Å². The average molecular weight is 559 g/mol. The smallest absolute Gasteiger partial charge is 0.434 e. The summed E-state index contributed by atoms with van der Waals surface area (Å²) in [5.74, 6) is -0.718. The molecule has 2 N–H and O–H groups in total. The Kier molecular flexibility index (Phi) is 7.73. The van der Waals surface area contributed by atoms with Crippen LogP contribution in [0.3, 0.4) is 0 Å². The van der Waals surface area contributed by atoms with Crippen molar-refractivity contribution in [2.24, 2.45) is 0 Å². The molecule has 41 heavy (non-hydrogen) atoms. The zero-order valence-electron chi connectivity index (χ0n) is 21.9. The van der Waals surface area contributed by atoms with Crippen LogP contribution in [-0.2, 0) is 17.5 Å². The van der Waals surface area contributed by atoms with Gasteiger partial charge in [-0.3, -0.25) is 0 Å². The molecule has 7 nitrogen and oxygen atoms in total. The third-order valence-corrected chi connectivity index (χ3v) is 6.24. The number of nitrogens with zero attached hydrogens (tertiary/aromatic N) is 3. The van der Waals surface area contributed by atoms with Crippen molar-refractivity contribution in [1.82, 2.24) is 14.8 Å². The van der Waals surface area contributed by atoms with E-state index in [9.17, 15) is 18.0 Å². The number of rotatable bonds is 8.